The second-order valence-electron chi connectivity index (χ2n) is 7.15. The van der Waals surface area contributed by atoms with Crippen LogP contribution in [0.2, 0.25) is 0 Å². The molecule has 0 aliphatic carbocycles. The molecule has 2 atom stereocenters. The van der Waals surface area contributed by atoms with Crippen molar-refractivity contribution in [2.24, 2.45) is 0 Å². The van der Waals surface area contributed by atoms with Crippen LogP contribution in [0.4, 0.5) is 4.39 Å². The number of hydrogen-bond donors (Lipinski definition) is 1. The van der Waals surface area contributed by atoms with Crippen LogP contribution in [-0.4, -0.2) is 53.8 Å². The summed E-state index contributed by atoms with van der Waals surface area (Å²) < 4.78 is 13.0. The molecule has 3 rings (SSSR count). The molecule has 2 aromatic rings. The maximum atomic E-state index is 13.0. The van der Waals surface area contributed by atoms with Gasteiger partial charge in [0.15, 0.2) is 0 Å². The van der Waals surface area contributed by atoms with E-state index in [0.717, 1.165) is 5.56 Å². The quantitative estimate of drug-likeness (QED) is 0.864. The average molecular weight is 383 g/mol. The number of rotatable bonds is 5. The Morgan fingerprint density at radius 1 is 0.929 bits per heavy atom. The van der Waals surface area contributed by atoms with Crippen molar-refractivity contribution in [1.29, 1.82) is 0 Å². The van der Waals surface area contributed by atoms with Gasteiger partial charge in [-0.15, -0.1) is 0 Å². The number of halogens is 1. The molecule has 148 valence electrons. The molecule has 6 heteroatoms. The number of nitrogens with zero attached hydrogens (tertiary/aromatic N) is 2. The van der Waals surface area contributed by atoms with Gasteiger partial charge in [0.2, 0.25) is 5.91 Å². The Bertz CT molecular complexity index is 802. The molecule has 5 nitrogen and oxygen atoms in total. The maximum absolute atomic E-state index is 13.0. The highest BCUT2D eigenvalue weighted by Gasteiger charge is 2.28. The number of amides is 2. The third-order valence-corrected chi connectivity index (χ3v) is 5.28. The Morgan fingerprint density at radius 3 is 2.14 bits per heavy atom. The van der Waals surface area contributed by atoms with E-state index in [1.54, 1.807) is 4.90 Å². The molecule has 0 aromatic heterocycles. The molecular weight excluding hydrogens is 357 g/mol. The summed E-state index contributed by atoms with van der Waals surface area (Å²) in [6.07, 6.45) is 0. The van der Waals surface area contributed by atoms with Crippen LogP contribution in [0.5, 0.6) is 0 Å². The summed E-state index contributed by atoms with van der Waals surface area (Å²) in [6, 6.07) is 15.1. The molecule has 1 fully saturated rings. The molecule has 1 N–H and O–H groups in total. The number of nitrogens with one attached hydrogen (secondary N) is 1. The van der Waals surface area contributed by atoms with E-state index in [0.29, 0.717) is 31.7 Å². The number of piperazine rings is 1. The van der Waals surface area contributed by atoms with Gasteiger partial charge in [0.1, 0.15) is 5.82 Å². The van der Waals surface area contributed by atoms with Crippen LogP contribution in [0.15, 0.2) is 54.6 Å². The predicted molar refractivity (Wildman–Crippen MR) is 106 cm³/mol. The zero-order valence-electron chi connectivity index (χ0n) is 16.3. The normalized spacial score (nSPS) is 17.0. The maximum Gasteiger partial charge on any atom is 0.253 e. The SMILES string of the molecule is CC(NC(=O)C(C)N1CCN(C(=O)c2ccc(F)cc2)CC1)c1ccccc1. The molecule has 0 bridgehead atoms. The van der Waals surface area contributed by atoms with Crippen LogP contribution in [0, 0.1) is 5.82 Å². The van der Waals surface area contributed by atoms with E-state index in [-0.39, 0.29) is 29.7 Å². The van der Waals surface area contributed by atoms with Gasteiger partial charge in [-0.2, -0.15) is 0 Å². The highest BCUT2D eigenvalue weighted by Crippen LogP contribution is 2.14. The van der Waals surface area contributed by atoms with E-state index in [1.807, 2.05) is 44.2 Å². The number of carbonyl (C=O) groups excluding carboxylic acids is 2. The summed E-state index contributed by atoms with van der Waals surface area (Å²) in [4.78, 5) is 29.0. The molecule has 28 heavy (non-hydrogen) atoms. The van der Waals surface area contributed by atoms with Crippen LogP contribution in [-0.2, 0) is 4.79 Å². The van der Waals surface area contributed by atoms with Crippen molar-refractivity contribution in [1.82, 2.24) is 15.1 Å². The van der Waals surface area contributed by atoms with Crippen molar-refractivity contribution in [3.05, 3.63) is 71.5 Å². The molecule has 2 unspecified atom stereocenters. The Labute approximate surface area is 165 Å². The summed E-state index contributed by atoms with van der Waals surface area (Å²) >= 11 is 0. The van der Waals surface area contributed by atoms with E-state index in [1.165, 1.54) is 24.3 Å². The lowest BCUT2D eigenvalue weighted by atomic mass is 10.1. The summed E-state index contributed by atoms with van der Waals surface area (Å²) in [6.45, 7) is 6.20. The van der Waals surface area contributed by atoms with Crippen LogP contribution < -0.4 is 5.32 Å². The first-order valence-electron chi connectivity index (χ1n) is 9.60. The van der Waals surface area contributed by atoms with E-state index < -0.39 is 0 Å². The minimum absolute atomic E-state index is 0.0188. The second-order valence-corrected chi connectivity index (χ2v) is 7.15. The first-order valence-corrected chi connectivity index (χ1v) is 9.60. The first-order chi connectivity index (χ1) is 13.5. The molecule has 1 aliphatic rings. The molecule has 2 aromatic carbocycles. The van der Waals surface area contributed by atoms with Gasteiger partial charge < -0.3 is 10.2 Å². The van der Waals surface area contributed by atoms with Gasteiger partial charge in [-0.3, -0.25) is 14.5 Å². The molecule has 1 aliphatic heterocycles. The van der Waals surface area contributed by atoms with Crippen LogP contribution in [0.3, 0.4) is 0 Å². The van der Waals surface area contributed by atoms with E-state index in [2.05, 4.69) is 10.2 Å². The molecule has 0 radical (unpaired) electrons. The topological polar surface area (TPSA) is 52.7 Å². The van der Waals surface area contributed by atoms with Crippen molar-refractivity contribution < 1.29 is 14.0 Å². The largest absolute Gasteiger partial charge is 0.348 e. The van der Waals surface area contributed by atoms with Crippen LogP contribution in [0.25, 0.3) is 0 Å². The third-order valence-electron chi connectivity index (χ3n) is 5.28. The Balaban J connectivity index is 1.51. The number of benzene rings is 2. The van der Waals surface area contributed by atoms with E-state index in [4.69, 9.17) is 0 Å². The number of hydrogen-bond acceptors (Lipinski definition) is 3. The third kappa shape index (κ3) is 4.75. The molecular formula is C22H26FN3O2. The van der Waals surface area contributed by atoms with Gasteiger partial charge in [-0.25, -0.2) is 4.39 Å². The van der Waals surface area contributed by atoms with Crippen molar-refractivity contribution in [2.75, 3.05) is 26.2 Å². The molecule has 1 saturated heterocycles. The van der Waals surface area contributed by atoms with Crippen molar-refractivity contribution >= 4 is 11.8 Å². The van der Waals surface area contributed by atoms with Gasteiger partial charge >= 0.3 is 0 Å². The smallest absolute Gasteiger partial charge is 0.253 e. The summed E-state index contributed by atoms with van der Waals surface area (Å²) in [7, 11) is 0. The zero-order chi connectivity index (χ0) is 20.1. The zero-order valence-corrected chi connectivity index (χ0v) is 16.3. The van der Waals surface area contributed by atoms with Gasteiger partial charge in [0, 0.05) is 31.7 Å². The standard InChI is InChI=1S/C22H26FN3O2/c1-16(18-6-4-3-5-7-18)24-21(27)17(2)25-12-14-26(15-13-25)22(28)19-8-10-20(23)11-9-19/h3-11,16-17H,12-15H2,1-2H3,(H,24,27). The minimum Gasteiger partial charge on any atom is -0.348 e. The second kappa shape index (κ2) is 8.97. The highest BCUT2D eigenvalue weighted by atomic mass is 19.1. The van der Waals surface area contributed by atoms with E-state index >= 15 is 0 Å². The first kappa shape index (κ1) is 20.0. The average Bonchev–Trinajstić information content (AvgIpc) is 2.74. The van der Waals surface area contributed by atoms with Gasteiger partial charge in [-0.1, -0.05) is 30.3 Å². The lowest BCUT2D eigenvalue weighted by Gasteiger charge is -2.37. The van der Waals surface area contributed by atoms with Gasteiger partial charge in [-0.05, 0) is 43.7 Å². The fourth-order valence-corrected chi connectivity index (χ4v) is 3.41. The predicted octanol–water partition coefficient (Wildman–Crippen LogP) is 2.85. The monoisotopic (exact) mass is 383 g/mol. The molecule has 0 saturated carbocycles. The molecule has 1 heterocycles. The lowest BCUT2D eigenvalue weighted by Crippen LogP contribution is -2.55. The van der Waals surface area contributed by atoms with Crippen molar-refractivity contribution in [3.8, 4) is 0 Å². The van der Waals surface area contributed by atoms with E-state index in [9.17, 15) is 14.0 Å². The fraction of sp³-hybridized carbons (Fsp3) is 0.364. The highest BCUT2D eigenvalue weighted by molar-refractivity contribution is 5.94. The van der Waals surface area contributed by atoms with Gasteiger partial charge in [0.25, 0.3) is 5.91 Å². The Morgan fingerprint density at radius 2 is 1.54 bits per heavy atom. The number of carbonyl (C=O) groups is 2. The molecule has 0 spiro atoms. The van der Waals surface area contributed by atoms with Crippen LogP contribution in [0.1, 0.15) is 35.8 Å². The molecule has 2 amide bonds. The minimum atomic E-state index is -0.356. The van der Waals surface area contributed by atoms with Crippen molar-refractivity contribution in [3.63, 3.8) is 0 Å². The Kier molecular flexibility index (Phi) is 6.41. The lowest BCUT2D eigenvalue weighted by molar-refractivity contribution is -0.127. The fourth-order valence-electron chi connectivity index (χ4n) is 3.41. The summed E-state index contributed by atoms with van der Waals surface area (Å²) in [5, 5.41) is 3.06. The van der Waals surface area contributed by atoms with Crippen LogP contribution >= 0.6 is 0 Å². The summed E-state index contributed by atoms with van der Waals surface area (Å²) in [5.74, 6) is -0.477. The van der Waals surface area contributed by atoms with Gasteiger partial charge in [0.05, 0.1) is 12.1 Å². The summed E-state index contributed by atoms with van der Waals surface area (Å²) in [5.41, 5.74) is 1.55. The Hall–Kier alpha value is -2.73. The van der Waals surface area contributed by atoms with Crippen molar-refractivity contribution in [2.45, 2.75) is 25.9 Å².